The van der Waals surface area contributed by atoms with E-state index in [2.05, 4.69) is 41.3 Å². The van der Waals surface area contributed by atoms with Crippen molar-refractivity contribution >= 4 is 11.7 Å². The molecule has 0 aliphatic heterocycles. The van der Waals surface area contributed by atoms with Crippen LogP contribution in [-0.4, -0.2) is 33.2 Å². The van der Waals surface area contributed by atoms with Gasteiger partial charge in [-0.2, -0.15) is 9.49 Å². The molecule has 0 fully saturated rings. The number of hydrogen-bond acceptors (Lipinski definition) is 3. The lowest BCUT2D eigenvalue weighted by molar-refractivity contribution is 0.220. The second kappa shape index (κ2) is 6.13. The topological polar surface area (TPSA) is 73.9 Å². The summed E-state index contributed by atoms with van der Waals surface area (Å²) in [5, 5.41) is 9.64. The van der Waals surface area contributed by atoms with Gasteiger partial charge >= 0.3 is 6.03 Å². The second-order valence-corrected chi connectivity index (χ2v) is 6.16. The van der Waals surface area contributed by atoms with E-state index in [1.54, 1.807) is 13.1 Å². The predicted molar refractivity (Wildman–Crippen MR) is 82.0 cm³/mol. The summed E-state index contributed by atoms with van der Waals surface area (Å²) in [6.07, 6.45) is 1.33. The van der Waals surface area contributed by atoms with Crippen LogP contribution in [0.25, 0.3) is 0 Å². The number of urea groups is 1. The number of hydrogen-bond donors (Lipinski definition) is 2. The van der Waals surface area contributed by atoms with Crippen LogP contribution in [0.2, 0.25) is 0 Å². The predicted octanol–water partition coefficient (Wildman–Crippen LogP) is 2.91. The molecule has 0 aromatic carbocycles. The molecule has 2 heterocycles. The third-order valence-electron chi connectivity index (χ3n) is 3.15. The molecule has 0 aliphatic rings. The molecule has 0 spiro atoms. The molecule has 2 N–H and O–H groups in total. The van der Waals surface area contributed by atoms with E-state index in [0.717, 1.165) is 11.4 Å². The van der Waals surface area contributed by atoms with Gasteiger partial charge in [-0.3, -0.25) is 5.10 Å². The molecule has 0 aliphatic carbocycles. The molecule has 2 rings (SSSR count). The highest BCUT2D eigenvalue weighted by Crippen LogP contribution is 2.20. The summed E-state index contributed by atoms with van der Waals surface area (Å²) < 4.78 is 13.4. The summed E-state index contributed by atoms with van der Waals surface area (Å²) in [5.41, 5.74) is 1.73. The molecule has 0 atom stereocenters. The van der Waals surface area contributed by atoms with Crippen LogP contribution < -0.4 is 5.32 Å². The Kier molecular flexibility index (Phi) is 4.44. The van der Waals surface area contributed by atoms with Crippen LogP contribution in [0, 0.1) is 5.95 Å². The van der Waals surface area contributed by atoms with E-state index in [4.69, 9.17) is 0 Å². The van der Waals surface area contributed by atoms with E-state index in [1.807, 2.05) is 6.07 Å². The van der Waals surface area contributed by atoms with Gasteiger partial charge in [0, 0.05) is 18.7 Å². The molecule has 2 aromatic rings. The van der Waals surface area contributed by atoms with Gasteiger partial charge in [-0.1, -0.05) is 20.8 Å². The van der Waals surface area contributed by atoms with E-state index < -0.39 is 12.0 Å². The number of aromatic nitrogens is 3. The molecule has 0 radical (unpaired) electrons. The fourth-order valence-electron chi connectivity index (χ4n) is 1.84. The van der Waals surface area contributed by atoms with Crippen molar-refractivity contribution in [3.63, 3.8) is 0 Å². The van der Waals surface area contributed by atoms with Gasteiger partial charge < -0.3 is 10.2 Å². The number of anilines is 1. The molecule has 0 bridgehead atoms. The van der Waals surface area contributed by atoms with Crippen molar-refractivity contribution in [2.75, 3.05) is 12.4 Å². The number of rotatable bonds is 3. The molecule has 0 saturated heterocycles. The summed E-state index contributed by atoms with van der Waals surface area (Å²) >= 11 is 0. The van der Waals surface area contributed by atoms with Crippen LogP contribution in [0.1, 0.15) is 32.2 Å². The fraction of sp³-hybridized carbons (Fsp3) is 0.400. The third-order valence-corrected chi connectivity index (χ3v) is 3.15. The molecule has 7 heteroatoms. The normalized spacial score (nSPS) is 11.3. The minimum Gasteiger partial charge on any atom is -0.322 e. The average molecular weight is 305 g/mol. The highest BCUT2D eigenvalue weighted by molar-refractivity contribution is 5.88. The van der Waals surface area contributed by atoms with Gasteiger partial charge in [-0.25, -0.2) is 9.78 Å². The molecule has 6 nitrogen and oxygen atoms in total. The van der Waals surface area contributed by atoms with Gasteiger partial charge in [0.2, 0.25) is 5.95 Å². The van der Waals surface area contributed by atoms with E-state index in [1.165, 1.54) is 17.2 Å². The molecule has 118 valence electrons. The van der Waals surface area contributed by atoms with E-state index >= 15 is 0 Å². The van der Waals surface area contributed by atoms with Crippen molar-refractivity contribution in [3.05, 3.63) is 41.7 Å². The third kappa shape index (κ3) is 3.81. The van der Waals surface area contributed by atoms with Gasteiger partial charge in [0.05, 0.1) is 23.6 Å². The van der Waals surface area contributed by atoms with Crippen LogP contribution in [0.4, 0.5) is 14.9 Å². The summed E-state index contributed by atoms with van der Waals surface area (Å²) in [4.78, 5) is 17.0. The Morgan fingerprint density at radius 3 is 2.77 bits per heavy atom. The van der Waals surface area contributed by atoms with Crippen molar-refractivity contribution in [1.82, 2.24) is 20.1 Å². The Morgan fingerprint density at radius 1 is 1.45 bits per heavy atom. The number of aromatic amines is 1. The van der Waals surface area contributed by atoms with Gasteiger partial charge in [-0.05, 0) is 18.2 Å². The molecule has 0 unspecified atom stereocenters. The first-order chi connectivity index (χ1) is 10.3. The Balaban J connectivity index is 2.00. The van der Waals surface area contributed by atoms with E-state index in [9.17, 15) is 9.18 Å². The number of H-pyrrole nitrogens is 1. The van der Waals surface area contributed by atoms with Crippen LogP contribution >= 0.6 is 0 Å². The first-order valence-electron chi connectivity index (χ1n) is 6.95. The van der Waals surface area contributed by atoms with Gasteiger partial charge in [0.15, 0.2) is 0 Å². The summed E-state index contributed by atoms with van der Waals surface area (Å²) in [7, 11) is 1.63. The number of nitrogens with one attached hydrogen (secondary N) is 2. The Morgan fingerprint density at radius 2 is 2.18 bits per heavy atom. The van der Waals surface area contributed by atoms with Gasteiger partial charge in [0.1, 0.15) is 0 Å². The number of carbonyl (C=O) groups is 1. The number of halogens is 1. The Labute approximate surface area is 128 Å². The monoisotopic (exact) mass is 305 g/mol. The zero-order valence-corrected chi connectivity index (χ0v) is 13.1. The van der Waals surface area contributed by atoms with Crippen LogP contribution in [0.5, 0.6) is 0 Å². The summed E-state index contributed by atoms with van der Waals surface area (Å²) in [5.74, 6) is -0.708. The fourth-order valence-corrected chi connectivity index (χ4v) is 1.84. The van der Waals surface area contributed by atoms with Crippen molar-refractivity contribution in [2.45, 2.75) is 32.7 Å². The van der Waals surface area contributed by atoms with E-state index in [-0.39, 0.29) is 11.1 Å². The standard InChI is InChI=1S/C15H20FN5O/c1-15(2,3)12-8-10(19-20-12)9-21(4)14(22)18-11-6-5-7-17-13(11)16/h5-8H,9H2,1-4H3,(H,18,22)(H,19,20). The van der Waals surface area contributed by atoms with Gasteiger partial charge in [-0.15, -0.1) is 0 Å². The Hall–Kier alpha value is -2.44. The lowest BCUT2D eigenvalue weighted by Crippen LogP contribution is -2.31. The van der Waals surface area contributed by atoms with Crippen LogP contribution in [-0.2, 0) is 12.0 Å². The molecule has 2 amide bonds. The SMILES string of the molecule is CN(Cc1cc(C(C)(C)C)n[nH]1)C(=O)Nc1cccnc1F. The van der Waals surface area contributed by atoms with Gasteiger partial charge in [0.25, 0.3) is 0 Å². The largest absolute Gasteiger partial charge is 0.322 e. The number of nitrogens with zero attached hydrogens (tertiary/aromatic N) is 3. The van der Waals surface area contributed by atoms with Crippen LogP contribution in [0.3, 0.4) is 0 Å². The lowest BCUT2D eigenvalue weighted by atomic mass is 9.92. The zero-order valence-electron chi connectivity index (χ0n) is 13.1. The zero-order chi connectivity index (χ0) is 16.3. The van der Waals surface area contributed by atoms with Crippen molar-refractivity contribution in [1.29, 1.82) is 0 Å². The number of carbonyl (C=O) groups excluding carboxylic acids is 1. The second-order valence-electron chi connectivity index (χ2n) is 6.16. The summed E-state index contributed by atoms with van der Waals surface area (Å²) in [6.45, 7) is 6.54. The highest BCUT2D eigenvalue weighted by atomic mass is 19.1. The quantitative estimate of drug-likeness (QED) is 0.856. The number of amides is 2. The molecular weight excluding hydrogens is 285 g/mol. The van der Waals surface area contributed by atoms with Crippen LogP contribution in [0.15, 0.2) is 24.4 Å². The smallest absolute Gasteiger partial charge is 0.322 e. The maximum Gasteiger partial charge on any atom is 0.322 e. The van der Waals surface area contributed by atoms with E-state index in [0.29, 0.717) is 6.54 Å². The Bertz CT molecular complexity index is 662. The maximum absolute atomic E-state index is 13.4. The molecule has 2 aromatic heterocycles. The molecule has 0 saturated carbocycles. The first-order valence-corrected chi connectivity index (χ1v) is 6.95. The first kappa shape index (κ1) is 15.9. The summed E-state index contributed by atoms with van der Waals surface area (Å²) in [6, 6.07) is 4.53. The highest BCUT2D eigenvalue weighted by Gasteiger charge is 2.19. The maximum atomic E-state index is 13.4. The number of pyridine rings is 1. The molecule has 22 heavy (non-hydrogen) atoms. The average Bonchev–Trinajstić information content (AvgIpc) is 2.89. The van der Waals surface area contributed by atoms with Crippen molar-refractivity contribution in [2.24, 2.45) is 0 Å². The minimum absolute atomic E-state index is 0.0549. The lowest BCUT2D eigenvalue weighted by Gasteiger charge is -2.17. The van der Waals surface area contributed by atoms with Crippen molar-refractivity contribution < 1.29 is 9.18 Å². The minimum atomic E-state index is -0.708. The van der Waals surface area contributed by atoms with Crippen molar-refractivity contribution in [3.8, 4) is 0 Å². The molecular formula is C15H20FN5O.